The van der Waals surface area contributed by atoms with Gasteiger partial charge in [0.25, 0.3) is 0 Å². The van der Waals surface area contributed by atoms with Crippen LogP contribution in [0.25, 0.3) is 0 Å². The fourth-order valence-electron chi connectivity index (χ4n) is 7.35. The molecule has 1 heterocycles. The summed E-state index contributed by atoms with van der Waals surface area (Å²) in [5, 5.41) is 35.9. The molecule has 0 radical (unpaired) electrons. The number of piperidine rings is 1. The maximum Gasteiger partial charge on any atom is 0.311 e. The van der Waals surface area contributed by atoms with Gasteiger partial charge in [-0.2, -0.15) is 5.26 Å². The minimum Gasteiger partial charge on any atom is -0.481 e. The van der Waals surface area contributed by atoms with Crippen molar-refractivity contribution < 1.29 is 24.5 Å². The minimum atomic E-state index is -1.62. The third kappa shape index (κ3) is 6.53. The van der Waals surface area contributed by atoms with Crippen molar-refractivity contribution in [1.82, 2.24) is 5.32 Å². The summed E-state index contributed by atoms with van der Waals surface area (Å²) < 4.78 is 6.02. The van der Waals surface area contributed by atoms with Crippen molar-refractivity contribution in [3.05, 3.63) is 107 Å². The monoisotopic (exact) mass is 616 g/mol. The molecule has 0 aliphatic carbocycles. The minimum absolute atomic E-state index is 0.0253. The molecule has 1 fully saturated rings. The summed E-state index contributed by atoms with van der Waals surface area (Å²) in [6.07, 6.45) is 1.27. The number of nitrogens with zero attached hydrogens (tertiary/aromatic N) is 1. The number of rotatable bonds is 14. The second-order valence-electron chi connectivity index (χ2n) is 11.8. The Kier molecular flexibility index (Phi) is 11.2. The van der Waals surface area contributed by atoms with Crippen LogP contribution in [0.4, 0.5) is 0 Å². The summed E-state index contributed by atoms with van der Waals surface area (Å²) in [5.74, 6) is -3.40. The average Bonchev–Trinajstić information content (AvgIpc) is 3.02. The zero-order valence-electron chi connectivity index (χ0n) is 25.3. The van der Waals surface area contributed by atoms with Crippen molar-refractivity contribution in [2.45, 2.75) is 69.9 Å². The highest BCUT2D eigenvalue weighted by molar-refractivity contribution is 6.30. The number of ether oxygens (including phenoxy) is 1. The normalized spacial score (nSPS) is 24.9. The molecule has 5 atom stereocenters. The molecule has 0 bridgehead atoms. The molecule has 232 valence electrons. The van der Waals surface area contributed by atoms with Crippen molar-refractivity contribution in [1.29, 1.82) is 5.26 Å². The van der Waals surface area contributed by atoms with Gasteiger partial charge in [-0.1, -0.05) is 91.3 Å². The van der Waals surface area contributed by atoms with E-state index in [1.165, 1.54) is 0 Å². The molecule has 0 aromatic heterocycles. The van der Waals surface area contributed by atoms with Crippen molar-refractivity contribution in [2.75, 3.05) is 13.2 Å². The number of hydrogen-bond acceptors (Lipinski definition) is 5. The number of hydrogen-bond donors (Lipinski definition) is 3. The second kappa shape index (κ2) is 14.9. The molecular weight excluding hydrogens is 576 g/mol. The van der Waals surface area contributed by atoms with E-state index in [0.717, 1.165) is 17.5 Å². The Bertz CT molecular complexity index is 1410. The summed E-state index contributed by atoms with van der Waals surface area (Å²) in [6.45, 7) is 4.30. The van der Waals surface area contributed by atoms with E-state index < -0.39 is 40.8 Å². The first kappa shape index (κ1) is 33.2. The van der Waals surface area contributed by atoms with Crippen LogP contribution in [0, 0.1) is 22.2 Å². The summed E-state index contributed by atoms with van der Waals surface area (Å²) in [4.78, 5) is 27.5. The highest BCUT2D eigenvalue weighted by Crippen LogP contribution is 2.60. The highest BCUT2D eigenvalue weighted by atomic mass is 35.5. The molecule has 8 heteroatoms. The first-order valence-electron chi connectivity index (χ1n) is 15.2. The maximum atomic E-state index is 14.0. The van der Waals surface area contributed by atoms with Crippen molar-refractivity contribution >= 4 is 23.5 Å². The second-order valence-corrected chi connectivity index (χ2v) is 12.2. The number of halogens is 1. The van der Waals surface area contributed by atoms with E-state index >= 15 is 0 Å². The largest absolute Gasteiger partial charge is 0.481 e. The van der Waals surface area contributed by atoms with Gasteiger partial charge in [-0.15, -0.1) is 0 Å². The Hall–Kier alpha value is -3.70. The molecule has 4 rings (SSSR count). The van der Waals surface area contributed by atoms with E-state index in [9.17, 15) is 25.1 Å². The van der Waals surface area contributed by atoms with Crippen molar-refractivity contribution in [2.24, 2.45) is 10.8 Å². The smallest absolute Gasteiger partial charge is 0.311 e. The van der Waals surface area contributed by atoms with Crippen molar-refractivity contribution in [3.63, 3.8) is 0 Å². The Labute approximate surface area is 264 Å². The van der Waals surface area contributed by atoms with Crippen LogP contribution < -0.4 is 5.32 Å². The SMILES string of the molecule is CCCOCC1NC(C)C(CCC#N)(C(=O)O)C(c2cccc(Cl)c2)C1(CCC(c1ccccc1)c1ccccc1)C(=O)O. The van der Waals surface area contributed by atoms with E-state index in [2.05, 4.69) is 11.4 Å². The lowest BCUT2D eigenvalue weighted by atomic mass is 9.49. The van der Waals surface area contributed by atoms with Gasteiger partial charge in [-0.3, -0.25) is 9.59 Å². The Balaban J connectivity index is 1.96. The van der Waals surface area contributed by atoms with Gasteiger partial charge in [-0.05, 0) is 61.4 Å². The third-order valence-electron chi connectivity index (χ3n) is 9.39. The average molecular weight is 617 g/mol. The van der Waals surface area contributed by atoms with E-state index in [1.54, 1.807) is 31.2 Å². The lowest BCUT2D eigenvalue weighted by Crippen LogP contribution is -2.71. The van der Waals surface area contributed by atoms with Crippen LogP contribution in [0.15, 0.2) is 84.9 Å². The van der Waals surface area contributed by atoms with Gasteiger partial charge < -0.3 is 20.3 Å². The number of nitrogens with one attached hydrogen (secondary N) is 1. The summed E-state index contributed by atoms with van der Waals surface area (Å²) >= 11 is 6.49. The number of aliphatic carboxylic acids is 2. The van der Waals surface area contributed by atoms with Crippen LogP contribution in [0.5, 0.6) is 0 Å². The number of carboxylic acids is 2. The quantitative estimate of drug-likeness (QED) is 0.163. The van der Waals surface area contributed by atoms with Crippen LogP contribution in [0.1, 0.15) is 74.5 Å². The van der Waals surface area contributed by atoms with Crippen LogP contribution in [0.3, 0.4) is 0 Å². The number of carbonyl (C=O) groups is 2. The molecular formula is C36H41ClN2O5. The molecule has 1 saturated heterocycles. The molecule has 44 heavy (non-hydrogen) atoms. The summed E-state index contributed by atoms with van der Waals surface area (Å²) in [5.41, 5.74) is -0.618. The zero-order valence-corrected chi connectivity index (χ0v) is 26.0. The van der Waals surface area contributed by atoms with Crippen LogP contribution >= 0.6 is 11.6 Å². The van der Waals surface area contributed by atoms with Gasteiger partial charge in [-0.25, -0.2) is 0 Å². The van der Waals surface area contributed by atoms with Crippen LogP contribution in [0.2, 0.25) is 5.02 Å². The summed E-state index contributed by atoms with van der Waals surface area (Å²) in [6, 6.07) is 27.5. The van der Waals surface area contributed by atoms with Gasteiger partial charge in [0.05, 0.1) is 23.5 Å². The molecule has 1 aliphatic heterocycles. The number of benzene rings is 3. The van der Waals surface area contributed by atoms with Gasteiger partial charge >= 0.3 is 11.9 Å². The Morgan fingerprint density at radius 2 is 1.57 bits per heavy atom. The molecule has 5 unspecified atom stereocenters. The van der Waals surface area contributed by atoms with E-state index in [1.807, 2.05) is 67.6 Å². The molecule has 0 saturated carbocycles. The zero-order chi connectivity index (χ0) is 31.7. The molecule has 3 N–H and O–H groups in total. The molecule has 0 spiro atoms. The van der Waals surface area contributed by atoms with Crippen molar-refractivity contribution in [3.8, 4) is 6.07 Å². The maximum absolute atomic E-state index is 14.0. The molecule has 1 aliphatic rings. The van der Waals surface area contributed by atoms with E-state index in [-0.39, 0.29) is 31.8 Å². The Morgan fingerprint density at radius 1 is 0.955 bits per heavy atom. The molecule has 3 aromatic rings. The first-order valence-corrected chi connectivity index (χ1v) is 15.6. The van der Waals surface area contributed by atoms with E-state index in [0.29, 0.717) is 23.6 Å². The first-order chi connectivity index (χ1) is 21.2. The van der Waals surface area contributed by atoms with Gasteiger partial charge in [0.1, 0.15) is 0 Å². The molecule has 3 aromatic carbocycles. The van der Waals surface area contributed by atoms with Gasteiger partial charge in [0.2, 0.25) is 0 Å². The predicted molar refractivity (Wildman–Crippen MR) is 171 cm³/mol. The molecule has 0 amide bonds. The third-order valence-corrected chi connectivity index (χ3v) is 9.62. The standard InChI is InChI=1S/C36H41ClN2O5/c1-3-22-44-24-31-36(34(42)43,20-18-30(26-12-6-4-7-13-26)27-14-8-5-9-15-27)32(28-16-10-17-29(37)23-28)35(33(40)41,19-11-21-38)25(2)39-31/h4-10,12-17,23,25,30-32,39H,3,11,18-20,22,24H2,1-2H3,(H,40,41)(H,42,43). The van der Waals surface area contributed by atoms with Gasteiger partial charge in [0.15, 0.2) is 0 Å². The lowest BCUT2D eigenvalue weighted by Gasteiger charge is -2.58. The van der Waals surface area contributed by atoms with Crippen LogP contribution in [-0.2, 0) is 14.3 Å². The fourth-order valence-corrected chi connectivity index (χ4v) is 7.55. The van der Waals surface area contributed by atoms with Crippen LogP contribution in [-0.4, -0.2) is 47.4 Å². The highest BCUT2D eigenvalue weighted by Gasteiger charge is 2.67. The number of nitriles is 1. The predicted octanol–water partition coefficient (Wildman–Crippen LogP) is 7.27. The number of carboxylic acid groups (broad SMARTS) is 2. The molecule has 7 nitrogen and oxygen atoms in total. The lowest BCUT2D eigenvalue weighted by molar-refractivity contribution is -0.177. The topological polar surface area (TPSA) is 120 Å². The summed E-state index contributed by atoms with van der Waals surface area (Å²) in [7, 11) is 0. The fraction of sp³-hybridized carbons (Fsp3) is 0.417. The van der Waals surface area contributed by atoms with E-state index in [4.69, 9.17) is 16.3 Å². The van der Waals surface area contributed by atoms with Gasteiger partial charge in [0, 0.05) is 42.0 Å². The Morgan fingerprint density at radius 3 is 2.09 bits per heavy atom.